The van der Waals surface area contributed by atoms with Gasteiger partial charge in [-0.15, -0.1) is 0 Å². The molecule has 1 aliphatic heterocycles. The molecular weight excluding hydrogens is 404 g/mol. The summed E-state index contributed by atoms with van der Waals surface area (Å²) in [7, 11) is 0. The molecule has 168 valence electrons. The summed E-state index contributed by atoms with van der Waals surface area (Å²) in [5.74, 6) is -1.44. The average Bonchev–Trinajstić information content (AvgIpc) is 2.72. The number of carbonyl (C=O) groups is 1. The Bertz CT molecular complexity index is 735. The van der Waals surface area contributed by atoms with E-state index >= 15 is 0 Å². The van der Waals surface area contributed by atoms with Gasteiger partial charge in [0.25, 0.3) is 0 Å². The van der Waals surface area contributed by atoms with Crippen LogP contribution < -0.4 is 0 Å². The van der Waals surface area contributed by atoms with Gasteiger partial charge >= 0.3 is 5.97 Å². The maximum atomic E-state index is 12.0. The van der Waals surface area contributed by atoms with Crippen LogP contribution in [0.5, 0.6) is 11.5 Å². The van der Waals surface area contributed by atoms with Gasteiger partial charge in [0.2, 0.25) is 0 Å². The lowest BCUT2D eigenvalue weighted by atomic mass is 9.99. The van der Waals surface area contributed by atoms with E-state index in [1.807, 2.05) is 0 Å². The van der Waals surface area contributed by atoms with E-state index in [0.717, 1.165) is 0 Å². The van der Waals surface area contributed by atoms with Crippen LogP contribution in [0, 0.1) is 0 Å². The van der Waals surface area contributed by atoms with E-state index in [4.69, 9.17) is 24.4 Å². The third-order valence-electron chi connectivity index (χ3n) is 4.48. The second-order valence-corrected chi connectivity index (χ2v) is 6.71. The third-order valence-corrected chi connectivity index (χ3v) is 4.48. The van der Waals surface area contributed by atoms with E-state index in [-0.39, 0.29) is 31.1 Å². The molecule has 30 heavy (non-hydrogen) atoms. The van der Waals surface area contributed by atoms with E-state index in [1.165, 1.54) is 24.3 Å². The smallest absolute Gasteiger partial charge is 0.310 e. The Balaban J connectivity index is 1.92. The number of aromatic hydroxyl groups is 2. The van der Waals surface area contributed by atoms with Crippen LogP contribution in [0.15, 0.2) is 29.8 Å². The summed E-state index contributed by atoms with van der Waals surface area (Å²) < 4.78 is 15.7. The number of benzene rings is 1. The molecule has 0 spiro atoms. The van der Waals surface area contributed by atoms with E-state index in [1.54, 1.807) is 0 Å². The number of hydrogen-bond donors (Lipinski definition) is 7. The van der Waals surface area contributed by atoms with Crippen molar-refractivity contribution in [3.05, 3.63) is 35.4 Å². The van der Waals surface area contributed by atoms with E-state index < -0.39 is 49.9 Å². The Kier molecular flexibility index (Phi) is 8.99. The summed E-state index contributed by atoms with van der Waals surface area (Å²) in [4.78, 5) is 12.0. The number of carbonyl (C=O) groups excluding carboxylic acids is 1. The first-order chi connectivity index (χ1) is 14.3. The van der Waals surface area contributed by atoms with Crippen molar-refractivity contribution in [3.63, 3.8) is 0 Å². The molecule has 0 amide bonds. The molecule has 1 saturated heterocycles. The highest BCUT2D eigenvalue weighted by molar-refractivity contribution is 5.73. The fourth-order valence-corrected chi connectivity index (χ4v) is 2.75. The van der Waals surface area contributed by atoms with Crippen molar-refractivity contribution in [1.82, 2.24) is 0 Å². The number of aliphatic hydroxyl groups excluding tert-OH is 5. The fourth-order valence-electron chi connectivity index (χ4n) is 2.75. The average molecular weight is 430 g/mol. The van der Waals surface area contributed by atoms with Gasteiger partial charge in [-0.25, -0.2) is 0 Å². The summed E-state index contributed by atoms with van der Waals surface area (Å²) in [6, 6.07) is 3.84. The second kappa shape index (κ2) is 11.2. The van der Waals surface area contributed by atoms with Gasteiger partial charge < -0.3 is 50.0 Å². The minimum atomic E-state index is -1.64. The molecule has 2 rings (SSSR count). The molecule has 0 radical (unpaired) electrons. The molecule has 7 N–H and O–H groups in total. The zero-order chi connectivity index (χ0) is 22.3. The predicted octanol–water partition coefficient (Wildman–Crippen LogP) is -2.08. The highest BCUT2D eigenvalue weighted by atomic mass is 16.7. The predicted molar refractivity (Wildman–Crippen MR) is 99.3 cm³/mol. The van der Waals surface area contributed by atoms with Gasteiger partial charge in [-0.2, -0.15) is 0 Å². The first-order valence-corrected chi connectivity index (χ1v) is 9.14. The lowest BCUT2D eigenvalue weighted by Gasteiger charge is -2.40. The molecule has 1 aromatic carbocycles. The summed E-state index contributed by atoms with van der Waals surface area (Å²) >= 11 is 0. The zero-order valence-electron chi connectivity index (χ0n) is 16.0. The summed E-state index contributed by atoms with van der Waals surface area (Å²) in [5.41, 5.74) is 0.693. The van der Waals surface area contributed by atoms with Crippen molar-refractivity contribution in [1.29, 1.82) is 0 Å². The maximum absolute atomic E-state index is 12.0. The van der Waals surface area contributed by atoms with Crippen molar-refractivity contribution in [3.8, 4) is 11.5 Å². The van der Waals surface area contributed by atoms with Gasteiger partial charge in [-0.05, 0) is 23.3 Å². The zero-order valence-corrected chi connectivity index (χ0v) is 16.0. The third kappa shape index (κ3) is 6.37. The molecule has 0 bridgehead atoms. The van der Waals surface area contributed by atoms with Crippen LogP contribution in [0.3, 0.4) is 0 Å². The lowest BCUT2D eigenvalue weighted by molar-refractivity contribution is -0.299. The Morgan fingerprint density at radius 2 is 1.80 bits per heavy atom. The van der Waals surface area contributed by atoms with Crippen LogP contribution in [0.2, 0.25) is 0 Å². The molecule has 0 unspecified atom stereocenters. The number of phenols is 2. The van der Waals surface area contributed by atoms with E-state index in [2.05, 4.69) is 0 Å². The topological polar surface area (TPSA) is 186 Å². The molecule has 5 atom stereocenters. The minimum Gasteiger partial charge on any atom is -0.504 e. The molecule has 11 heteroatoms. The molecule has 1 aliphatic rings. The van der Waals surface area contributed by atoms with Gasteiger partial charge in [-0.3, -0.25) is 4.79 Å². The molecule has 1 fully saturated rings. The largest absolute Gasteiger partial charge is 0.504 e. The number of hydrogen-bond acceptors (Lipinski definition) is 11. The minimum absolute atomic E-state index is 0.210. The van der Waals surface area contributed by atoms with Crippen molar-refractivity contribution < 1.29 is 54.8 Å². The van der Waals surface area contributed by atoms with Gasteiger partial charge in [0.15, 0.2) is 17.8 Å². The Hall–Kier alpha value is -2.25. The van der Waals surface area contributed by atoms with Crippen molar-refractivity contribution >= 4 is 5.97 Å². The standard InChI is InChI=1S/C19H26O11/c20-4-3-11(7-21)8-29-19-18(27)17(26)16(25)14(30-19)9-28-15(24)6-10-1-2-12(22)13(23)5-10/h1-3,5,14,16-23,25-27H,4,6-9H2/b11-3+/t14-,16-,17-,18-,19-/m1/s1. The Labute approximate surface area is 172 Å². The van der Waals surface area contributed by atoms with Crippen LogP contribution in [0.25, 0.3) is 0 Å². The first-order valence-electron chi connectivity index (χ1n) is 9.14. The SMILES string of the molecule is O=C(Cc1ccc(O)c(O)c1)OC[C@H]1O[C@@H](OC/C(=C/CO)CO)[C@H](O)[C@H](O)[C@@H]1O. The number of rotatable bonds is 9. The van der Waals surface area contributed by atoms with Crippen LogP contribution >= 0.6 is 0 Å². The first kappa shape index (κ1) is 24.0. The lowest BCUT2D eigenvalue weighted by Crippen LogP contribution is -2.59. The van der Waals surface area contributed by atoms with Crippen molar-refractivity contribution in [2.24, 2.45) is 0 Å². The van der Waals surface area contributed by atoms with E-state index in [0.29, 0.717) is 11.1 Å². The van der Waals surface area contributed by atoms with Gasteiger partial charge in [-0.1, -0.05) is 12.1 Å². The highest BCUT2D eigenvalue weighted by Gasteiger charge is 2.44. The maximum Gasteiger partial charge on any atom is 0.310 e. The second-order valence-electron chi connectivity index (χ2n) is 6.71. The monoisotopic (exact) mass is 430 g/mol. The Morgan fingerprint density at radius 1 is 1.07 bits per heavy atom. The van der Waals surface area contributed by atoms with Crippen molar-refractivity contribution in [2.75, 3.05) is 26.4 Å². The summed E-state index contributed by atoms with van der Waals surface area (Å²) in [5, 5.41) is 66.9. The molecule has 0 saturated carbocycles. The molecule has 1 aromatic rings. The van der Waals surface area contributed by atoms with E-state index in [9.17, 15) is 30.3 Å². The van der Waals surface area contributed by atoms with Crippen LogP contribution in [-0.2, 0) is 25.4 Å². The molecule has 0 aromatic heterocycles. The van der Waals surface area contributed by atoms with Crippen LogP contribution in [0.1, 0.15) is 5.56 Å². The number of aliphatic hydroxyl groups is 5. The Morgan fingerprint density at radius 3 is 2.43 bits per heavy atom. The van der Waals surface area contributed by atoms with Gasteiger partial charge in [0.05, 0.1) is 26.2 Å². The highest BCUT2D eigenvalue weighted by Crippen LogP contribution is 2.26. The fraction of sp³-hybridized carbons (Fsp3) is 0.526. The van der Waals surface area contributed by atoms with Crippen LogP contribution in [0.4, 0.5) is 0 Å². The quantitative estimate of drug-likeness (QED) is 0.129. The molecular formula is C19H26O11. The number of ether oxygens (including phenoxy) is 3. The van der Waals surface area contributed by atoms with Gasteiger partial charge in [0, 0.05) is 0 Å². The summed E-state index contributed by atoms with van der Waals surface area (Å²) in [6.45, 7) is -1.39. The van der Waals surface area contributed by atoms with Gasteiger partial charge in [0.1, 0.15) is 31.0 Å². The number of phenolic OH excluding ortho intramolecular Hbond substituents is 2. The van der Waals surface area contributed by atoms with Crippen LogP contribution in [-0.4, -0.2) is 98.8 Å². The molecule has 0 aliphatic carbocycles. The number of esters is 1. The summed E-state index contributed by atoms with van der Waals surface area (Å²) in [6.07, 6.45) is -6.30. The molecule has 1 heterocycles. The molecule has 11 nitrogen and oxygen atoms in total. The normalized spacial score (nSPS) is 27.1. The van der Waals surface area contributed by atoms with Crippen molar-refractivity contribution in [2.45, 2.75) is 37.1 Å².